The van der Waals surface area contributed by atoms with Crippen molar-refractivity contribution in [2.75, 3.05) is 0 Å². The molecule has 0 aromatic heterocycles. The van der Waals surface area contributed by atoms with Gasteiger partial charge in [0, 0.05) is 10.6 Å². The molecule has 20 heavy (non-hydrogen) atoms. The predicted molar refractivity (Wildman–Crippen MR) is 82.6 cm³/mol. The van der Waals surface area contributed by atoms with Gasteiger partial charge in [-0.15, -0.1) is 0 Å². The predicted octanol–water partition coefficient (Wildman–Crippen LogP) is 4.51. The fourth-order valence-electron chi connectivity index (χ4n) is 2.24. The monoisotopic (exact) mass is 291 g/mol. The van der Waals surface area contributed by atoms with Crippen LogP contribution in [0.4, 0.5) is 4.39 Å². The molecule has 0 saturated heterocycles. The smallest absolute Gasteiger partial charge is 0.126 e. The van der Waals surface area contributed by atoms with Gasteiger partial charge >= 0.3 is 0 Å². The highest BCUT2D eigenvalue weighted by Crippen LogP contribution is 2.28. The molecule has 0 bridgehead atoms. The van der Waals surface area contributed by atoms with E-state index in [0.717, 1.165) is 16.7 Å². The second kappa shape index (κ2) is 5.55. The maximum absolute atomic E-state index is 13.7. The lowest BCUT2D eigenvalue weighted by Gasteiger charge is -2.26. The van der Waals surface area contributed by atoms with Crippen LogP contribution in [-0.4, -0.2) is 0 Å². The van der Waals surface area contributed by atoms with Crippen LogP contribution in [0.3, 0.4) is 0 Å². The summed E-state index contributed by atoms with van der Waals surface area (Å²) < 4.78 is 13.7. The number of nitrogens with two attached hydrogens (primary N) is 1. The van der Waals surface area contributed by atoms with Gasteiger partial charge in [-0.1, -0.05) is 35.9 Å². The van der Waals surface area contributed by atoms with Crippen LogP contribution in [0.5, 0.6) is 0 Å². The van der Waals surface area contributed by atoms with Crippen LogP contribution >= 0.6 is 11.6 Å². The van der Waals surface area contributed by atoms with Crippen LogP contribution < -0.4 is 5.73 Å². The first kappa shape index (κ1) is 15.0. The van der Waals surface area contributed by atoms with Gasteiger partial charge in [0.2, 0.25) is 0 Å². The molecule has 1 atom stereocenters. The lowest BCUT2D eigenvalue weighted by Crippen LogP contribution is -2.35. The third kappa shape index (κ3) is 3.20. The molecule has 0 fully saturated rings. The number of halogens is 2. The Morgan fingerprint density at radius 1 is 1.15 bits per heavy atom. The van der Waals surface area contributed by atoms with E-state index in [1.165, 1.54) is 6.07 Å². The Morgan fingerprint density at radius 2 is 1.85 bits per heavy atom. The molecule has 3 heteroatoms. The maximum atomic E-state index is 13.7. The van der Waals surface area contributed by atoms with Crippen molar-refractivity contribution in [3.05, 3.63) is 69.5 Å². The molecule has 0 heterocycles. The fourth-order valence-corrected chi connectivity index (χ4v) is 2.54. The summed E-state index contributed by atoms with van der Waals surface area (Å²) in [6, 6.07) is 11.0. The van der Waals surface area contributed by atoms with Gasteiger partial charge in [0.15, 0.2) is 0 Å². The first-order valence-corrected chi connectivity index (χ1v) is 6.98. The molecule has 0 aliphatic rings. The van der Waals surface area contributed by atoms with Crippen molar-refractivity contribution in [3.8, 4) is 0 Å². The molecule has 2 rings (SSSR count). The van der Waals surface area contributed by atoms with Crippen molar-refractivity contribution in [1.82, 2.24) is 0 Å². The summed E-state index contributed by atoms with van der Waals surface area (Å²) in [6.07, 6.45) is 0.564. The van der Waals surface area contributed by atoms with Gasteiger partial charge < -0.3 is 5.73 Å². The summed E-state index contributed by atoms with van der Waals surface area (Å²) in [6.45, 7) is 5.63. The van der Waals surface area contributed by atoms with E-state index >= 15 is 0 Å². The van der Waals surface area contributed by atoms with Gasteiger partial charge in [0.25, 0.3) is 0 Å². The normalized spacial score (nSPS) is 14.1. The molecule has 1 nitrogen and oxygen atoms in total. The van der Waals surface area contributed by atoms with Gasteiger partial charge in [0.05, 0.1) is 0 Å². The van der Waals surface area contributed by atoms with Crippen molar-refractivity contribution in [2.45, 2.75) is 32.7 Å². The highest BCUT2D eigenvalue weighted by molar-refractivity contribution is 6.31. The fraction of sp³-hybridized carbons (Fsp3) is 0.294. The Hall–Kier alpha value is -1.38. The Balaban J connectivity index is 2.32. The van der Waals surface area contributed by atoms with Gasteiger partial charge in [-0.3, -0.25) is 0 Å². The van der Waals surface area contributed by atoms with Gasteiger partial charge in [-0.05, 0) is 61.6 Å². The zero-order valence-electron chi connectivity index (χ0n) is 12.0. The van der Waals surface area contributed by atoms with E-state index in [-0.39, 0.29) is 5.82 Å². The Kier molecular flexibility index (Phi) is 4.17. The van der Waals surface area contributed by atoms with E-state index in [0.29, 0.717) is 17.0 Å². The van der Waals surface area contributed by atoms with Gasteiger partial charge in [-0.25, -0.2) is 4.39 Å². The van der Waals surface area contributed by atoms with E-state index in [1.54, 1.807) is 13.0 Å². The van der Waals surface area contributed by atoms with Crippen LogP contribution in [0.2, 0.25) is 5.02 Å². The first-order valence-electron chi connectivity index (χ1n) is 6.60. The van der Waals surface area contributed by atoms with Crippen LogP contribution in [0.1, 0.15) is 29.2 Å². The molecule has 2 N–H and O–H groups in total. The number of benzene rings is 2. The third-order valence-corrected chi connectivity index (χ3v) is 3.95. The summed E-state index contributed by atoms with van der Waals surface area (Å²) in [4.78, 5) is 0. The summed E-state index contributed by atoms with van der Waals surface area (Å²) in [5.74, 6) is -0.228. The molecule has 106 valence electrons. The van der Waals surface area contributed by atoms with Gasteiger partial charge in [0.1, 0.15) is 5.82 Å². The van der Waals surface area contributed by atoms with Crippen LogP contribution in [0.25, 0.3) is 0 Å². The molecule has 0 saturated carbocycles. The molecule has 0 spiro atoms. The lowest BCUT2D eigenvalue weighted by atomic mass is 9.86. The van der Waals surface area contributed by atoms with Gasteiger partial charge in [-0.2, -0.15) is 0 Å². The minimum atomic E-state index is -0.659. The van der Waals surface area contributed by atoms with Crippen molar-refractivity contribution in [2.24, 2.45) is 5.73 Å². The maximum Gasteiger partial charge on any atom is 0.126 e. The van der Waals surface area contributed by atoms with E-state index in [1.807, 2.05) is 38.1 Å². The molecule has 2 aromatic rings. The minimum Gasteiger partial charge on any atom is -0.321 e. The number of rotatable bonds is 3. The second-order valence-electron chi connectivity index (χ2n) is 5.65. The lowest BCUT2D eigenvalue weighted by molar-refractivity contribution is 0.485. The largest absolute Gasteiger partial charge is 0.321 e. The summed E-state index contributed by atoms with van der Waals surface area (Å²) in [5, 5.41) is 0.703. The van der Waals surface area contributed by atoms with Crippen molar-refractivity contribution < 1.29 is 4.39 Å². The molecule has 0 radical (unpaired) electrons. The van der Waals surface area contributed by atoms with E-state index in [4.69, 9.17) is 17.3 Å². The van der Waals surface area contributed by atoms with Crippen molar-refractivity contribution in [3.63, 3.8) is 0 Å². The number of aryl methyl sites for hydroxylation is 2. The Labute approximate surface area is 124 Å². The summed E-state index contributed by atoms with van der Waals surface area (Å²) in [5.41, 5.74) is 9.19. The topological polar surface area (TPSA) is 26.0 Å². The van der Waals surface area contributed by atoms with Crippen molar-refractivity contribution in [1.29, 1.82) is 0 Å². The Bertz CT molecular complexity index is 635. The number of hydrogen-bond acceptors (Lipinski definition) is 1. The molecular formula is C17H19ClFN. The third-order valence-electron chi connectivity index (χ3n) is 3.60. The first-order chi connectivity index (χ1) is 9.29. The highest BCUT2D eigenvalue weighted by atomic mass is 35.5. The molecule has 0 amide bonds. The number of hydrogen-bond donors (Lipinski definition) is 1. The quantitative estimate of drug-likeness (QED) is 0.884. The summed E-state index contributed by atoms with van der Waals surface area (Å²) >= 11 is 6.25. The van der Waals surface area contributed by atoms with Crippen molar-refractivity contribution >= 4 is 11.6 Å². The zero-order valence-corrected chi connectivity index (χ0v) is 12.8. The average molecular weight is 292 g/mol. The average Bonchev–Trinajstić information content (AvgIpc) is 2.36. The molecular weight excluding hydrogens is 273 g/mol. The highest BCUT2D eigenvalue weighted by Gasteiger charge is 2.23. The summed E-state index contributed by atoms with van der Waals surface area (Å²) in [7, 11) is 0. The van der Waals surface area contributed by atoms with E-state index in [2.05, 4.69) is 0 Å². The Morgan fingerprint density at radius 3 is 2.45 bits per heavy atom. The SMILES string of the molecule is Cc1ccc(CC(C)(N)c2ccc(C)c(F)c2)c(Cl)c1. The minimum absolute atomic E-state index is 0.228. The zero-order chi connectivity index (χ0) is 14.9. The molecule has 0 aliphatic heterocycles. The van der Waals surface area contributed by atoms with Crippen LogP contribution in [0, 0.1) is 19.7 Å². The standard InChI is InChI=1S/C17H19ClFN/c1-11-4-6-13(15(18)8-11)10-17(3,20)14-7-5-12(2)16(19)9-14/h4-9H,10,20H2,1-3H3. The molecule has 0 aliphatic carbocycles. The second-order valence-corrected chi connectivity index (χ2v) is 6.06. The van der Waals surface area contributed by atoms with E-state index < -0.39 is 5.54 Å². The molecule has 2 aromatic carbocycles. The van der Waals surface area contributed by atoms with E-state index in [9.17, 15) is 4.39 Å². The van der Waals surface area contributed by atoms with Crippen LogP contribution in [0.15, 0.2) is 36.4 Å². The molecule has 1 unspecified atom stereocenters. The van der Waals surface area contributed by atoms with Crippen LogP contribution in [-0.2, 0) is 12.0 Å².